The largest absolute Gasteiger partial charge is 0.495 e. The lowest BCUT2D eigenvalue weighted by molar-refractivity contribution is -0.187. The van der Waals surface area contributed by atoms with Crippen LogP contribution in [0.4, 0.5) is 21.0 Å². The second kappa shape index (κ2) is 31.2. The predicted octanol–water partition coefficient (Wildman–Crippen LogP) is 9.14. The van der Waals surface area contributed by atoms with E-state index in [-0.39, 0.29) is 92.0 Å². The number of hydrogen-bond acceptors (Lipinski definition) is 15. The molecule has 2 saturated heterocycles. The molecule has 4 bridgehead atoms. The number of nitrogens with zero attached hydrogens (tertiary/aromatic N) is 1. The zero-order valence-electron chi connectivity index (χ0n) is 51.1. The van der Waals surface area contributed by atoms with Gasteiger partial charge in [-0.3, -0.25) is 34.1 Å². The number of halogens is 1. The number of primary amides is 1. The lowest BCUT2D eigenvalue weighted by Gasteiger charge is -2.41. The molecule has 464 valence electrons. The number of aliphatic hydroxyl groups is 1. The number of methoxy groups -OCH3 is 2. The fourth-order valence-electron chi connectivity index (χ4n) is 11.2. The summed E-state index contributed by atoms with van der Waals surface area (Å²) in [5.74, 6) is -3.47. The topological polar surface area (TPSA) is 281 Å². The highest BCUT2D eigenvalue weighted by Crippen LogP contribution is 2.50. The summed E-state index contributed by atoms with van der Waals surface area (Å²) in [6.07, 6.45) is 4.07. The number of fused-ring (bicyclic) bond motifs is 5. The summed E-state index contributed by atoms with van der Waals surface area (Å²) in [6.45, 7) is 16.8. The maximum atomic E-state index is 14.5. The maximum Gasteiger partial charge on any atom is 0.412 e. The van der Waals surface area contributed by atoms with E-state index in [9.17, 15) is 43.5 Å². The Bertz CT molecular complexity index is 2750. The zero-order valence-corrected chi connectivity index (χ0v) is 51.8. The van der Waals surface area contributed by atoms with Crippen LogP contribution in [0.3, 0.4) is 0 Å². The molecule has 2 aromatic rings. The molecule has 0 radical (unpaired) electrons. The van der Waals surface area contributed by atoms with Gasteiger partial charge in [-0.25, -0.2) is 9.59 Å². The molecule has 0 spiro atoms. The van der Waals surface area contributed by atoms with E-state index in [1.807, 2.05) is 47.6 Å². The molecular weight excluding hydrogens is 1100 g/mol. The number of Topliss-reactive ketones (excluding diaryl/α,β-unsaturated/α-hetero) is 2. The van der Waals surface area contributed by atoms with E-state index in [0.717, 1.165) is 11.1 Å². The quantitative estimate of drug-likeness (QED) is 0.0268. The molecule has 0 aliphatic carbocycles. The van der Waals surface area contributed by atoms with Gasteiger partial charge in [-0.2, -0.15) is 0 Å². The lowest BCUT2D eigenvalue weighted by atomic mass is 9.78. The molecular formula is C63H90ClN5O15. The molecule has 0 saturated carbocycles. The second-order valence-corrected chi connectivity index (χ2v) is 23.9. The molecule has 84 heavy (non-hydrogen) atoms. The number of nitrogens with two attached hydrogens (primary N) is 1. The van der Waals surface area contributed by atoms with Crippen LogP contribution in [0.5, 0.6) is 5.75 Å². The molecule has 6 N–H and O–H groups in total. The zero-order chi connectivity index (χ0) is 62.2. The molecule has 20 nitrogen and oxygen atoms in total. The first kappa shape index (κ1) is 68.4. The van der Waals surface area contributed by atoms with Gasteiger partial charge in [-0.15, -0.1) is 0 Å². The van der Waals surface area contributed by atoms with Crippen molar-refractivity contribution in [3.63, 3.8) is 0 Å². The number of benzene rings is 2. The minimum atomic E-state index is -1.64. The van der Waals surface area contributed by atoms with Gasteiger partial charge in [0.15, 0.2) is 5.78 Å². The number of ether oxygens (including phenoxy) is 6. The van der Waals surface area contributed by atoms with Crippen LogP contribution in [0.1, 0.15) is 149 Å². The summed E-state index contributed by atoms with van der Waals surface area (Å²) in [7, 11) is 4.49. The molecule has 21 heteroatoms. The summed E-state index contributed by atoms with van der Waals surface area (Å²) in [5.41, 5.74) is 5.93. The Morgan fingerprint density at radius 1 is 0.988 bits per heavy atom. The molecule has 0 aromatic heterocycles. The minimum Gasteiger partial charge on any atom is -0.495 e. The molecule has 2 fully saturated rings. The Hall–Kier alpha value is -6.35. The SMILES string of the molecule is CCC(CC)C(=O)OC(C)CCCCC(=O)C[C@H](C(=O)N[C@@H](CCCNC(N)=O)C(=O)Cc1ccc(NC(=O)O[C@H]2CC(=O)N(C)c3cc(cc(OC)c3Cl)C/C(C)=C/C=C/[C@@H](OC)[C@]3(O)CC(=O)O[C@@H](C3)[C@@H](C)[C@@H]3O[C@@]23C)cc1C)C(C)C. The van der Waals surface area contributed by atoms with Crippen LogP contribution in [-0.4, -0.2) is 128 Å². The fraction of sp³-hybridized carbons (Fsp3) is 0.619. The third-order valence-corrected chi connectivity index (χ3v) is 17.0. The number of carbonyl (C=O) groups excluding carboxylic acids is 8. The number of epoxide rings is 1. The summed E-state index contributed by atoms with van der Waals surface area (Å²) in [5, 5.41) is 20.4. The number of ketones is 2. The van der Waals surface area contributed by atoms with Gasteiger partial charge in [0.2, 0.25) is 11.8 Å². The number of urea groups is 1. The molecule has 3 aliphatic rings. The van der Waals surface area contributed by atoms with Crippen LogP contribution in [0.2, 0.25) is 5.02 Å². The number of nitrogens with one attached hydrogen (secondary N) is 3. The number of rotatable bonds is 25. The summed E-state index contributed by atoms with van der Waals surface area (Å²) < 4.78 is 35.3. The van der Waals surface area contributed by atoms with Crippen LogP contribution in [0.25, 0.3) is 0 Å². The second-order valence-electron chi connectivity index (χ2n) is 23.5. The molecule has 1 unspecified atom stereocenters. The van der Waals surface area contributed by atoms with Crippen molar-refractivity contribution in [1.82, 2.24) is 10.6 Å². The van der Waals surface area contributed by atoms with E-state index in [4.69, 9.17) is 45.8 Å². The van der Waals surface area contributed by atoms with Gasteiger partial charge in [0.05, 0.1) is 49.8 Å². The third kappa shape index (κ3) is 18.8. The molecule has 3 heterocycles. The Labute approximate surface area is 500 Å². The first-order chi connectivity index (χ1) is 39.7. The van der Waals surface area contributed by atoms with Gasteiger partial charge in [0, 0.05) is 63.9 Å². The summed E-state index contributed by atoms with van der Waals surface area (Å²) >= 11 is 6.86. The van der Waals surface area contributed by atoms with Crippen LogP contribution >= 0.6 is 11.6 Å². The number of aryl methyl sites for hydroxylation is 1. The van der Waals surface area contributed by atoms with E-state index in [1.54, 1.807) is 70.3 Å². The molecule has 10 atom stereocenters. The Morgan fingerprint density at radius 3 is 2.35 bits per heavy atom. The first-order valence-electron chi connectivity index (χ1n) is 29.4. The van der Waals surface area contributed by atoms with Gasteiger partial charge < -0.3 is 54.8 Å². The smallest absolute Gasteiger partial charge is 0.412 e. The number of allylic oxidation sites excluding steroid dienone is 3. The average Bonchev–Trinajstić information content (AvgIpc) is 1.74. The van der Waals surface area contributed by atoms with Gasteiger partial charge in [-0.1, -0.05) is 76.1 Å². The van der Waals surface area contributed by atoms with Gasteiger partial charge in [-0.05, 0) is 126 Å². The highest BCUT2D eigenvalue weighted by Gasteiger charge is 2.64. The van der Waals surface area contributed by atoms with Crippen LogP contribution in [-0.2, 0) is 65.3 Å². The number of amides is 5. The van der Waals surface area contributed by atoms with Crippen molar-refractivity contribution in [3.05, 3.63) is 75.8 Å². The van der Waals surface area contributed by atoms with Crippen molar-refractivity contribution in [2.45, 2.75) is 200 Å². The van der Waals surface area contributed by atoms with Crippen LogP contribution in [0.15, 0.2) is 54.1 Å². The van der Waals surface area contributed by atoms with Crippen molar-refractivity contribution in [3.8, 4) is 5.75 Å². The highest BCUT2D eigenvalue weighted by molar-refractivity contribution is 6.35. The molecule has 5 rings (SSSR count). The predicted molar refractivity (Wildman–Crippen MR) is 319 cm³/mol. The first-order valence-corrected chi connectivity index (χ1v) is 29.8. The number of hydrogen-bond donors (Lipinski definition) is 5. The van der Waals surface area contributed by atoms with Gasteiger partial charge >= 0.3 is 24.1 Å². The maximum absolute atomic E-state index is 14.5. The van der Waals surface area contributed by atoms with E-state index < -0.39 is 83.4 Å². The minimum absolute atomic E-state index is 0.00771. The number of esters is 2. The Morgan fingerprint density at radius 2 is 1.70 bits per heavy atom. The fourth-order valence-corrected chi connectivity index (χ4v) is 11.5. The van der Waals surface area contributed by atoms with Crippen molar-refractivity contribution >= 4 is 70.4 Å². The van der Waals surface area contributed by atoms with E-state index in [0.29, 0.717) is 73.2 Å². The third-order valence-electron chi connectivity index (χ3n) is 16.6. The number of anilines is 2. The van der Waals surface area contributed by atoms with Crippen LogP contribution in [0, 0.1) is 30.6 Å². The normalized spacial score (nSPS) is 24.7. The monoisotopic (exact) mass is 1190 g/mol. The van der Waals surface area contributed by atoms with E-state index >= 15 is 0 Å². The molecule has 2 aromatic carbocycles. The average molecular weight is 1190 g/mol. The van der Waals surface area contributed by atoms with Crippen molar-refractivity contribution in [2.75, 3.05) is 38.0 Å². The number of carbonyl (C=O) groups is 8. The summed E-state index contributed by atoms with van der Waals surface area (Å²) in [6, 6.07) is 6.77. The van der Waals surface area contributed by atoms with Crippen molar-refractivity contribution in [1.29, 1.82) is 0 Å². The van der Waals surface area contributed by atoms with E-state index in [1.165, 1.54) is 19.1 Å². The van der Waals surface area contributed by atoms with Crippen molar-refractivity contribution < 1.29 is 71.9 Å². The lowest BCUT2D eigenvalue weighted by Crippen LogP contribution is -2.53. The van der Waals surface area contributed by atoms with Crippen molar-refractivity contribution in [2.24, 2.45) is 29.4 Å². The number of unbranched alkanes of at least 4 members (excludes halogenated alkanes) is 1. The molecule has 5 amide bonds. The highest BCUT2D eigenvalue weighted by atomic mass is 35.5. The van der Waals surface area contributed by atoms with E-state index in [2.05, 4.69) is 16.0 Å². The van der Waals surface area contributed by atoms with Crippen LogP contribution < -0.4 is 31.3 Å². The molecule has 3 aliphatic heterocycles. The Kier molecular flexibility index (Phi) is 25.4. The van der Waals surface area contributed by atoms with Gasteiger partial charge in [0.25, 0.3) is 0 Å². The van der Waals surface area contributed by atoms with Gasteiger partial charge in [0.1, 0.15) is 46.1 Å². The standard InChI is InChI=1S/C63H90ClN5O15/c1-13-42(14-2)59(75)81-39(7)20-15-16-21-45(70)32-46(36(3)4)58(74)68-47(22-18-26-66-60(65)76)49(71)31-43-24-25-44(28-38(43)6)67-61(77)83-53-33-54(72)69(10)48-29-41(30-50(79-11)56(48)64)27-37(5)19-17-23-52(80-12)63(78)34-51(82-55(73)35-63)40(8)57-62(53,9)84-57/h17,19,23-25,28-30,36,39-40,42,46-47,51-53,57,78H,13-16,18,20-22,26-27,31-35H2,1-12H3,(H,67,77)(H,68,74)(H3,65,66,76)/b23-17+,37-19+/t39?,40-,46+,47+,51+,52-,53+,57+,62+,63-/m1/s1. The Balaban J connectivity index is 1.32. The summed E-state index contributed by atoms with van der Waals surface area (Å²) in [4.78, 5) is 108.